The van der Waals surface area contributed by atoms with Gasteiger partial charge in [-0.25, -0.2) is 4.98 Å². The van der Waals surface area contributed by atoms with E-state index in [1.54, 1.807) is 12.3 Å². The van der Waals surface area contributed by atoms with E-state index < -0.39 is 0 Å². The van der Waals surface area contributed by atoms with Crippen LogP contribution in [0, 0.1) is 6.92 Å². The Kier molecular flexibility index (Phi) is 6.22. The predicted molar refractivity (Wildman–Crippen MR) is 114 cm³/mol. The number of amides is 1. The SMILES string of the molecule is CCCCN(C(=O)Cc1nc(-c2ccco2)oc1C)C1CC(C)(C)NC(C)(C)C1. The van der Waals surface area contributed by atoms with E-state index >= 15 is 0 Å². The smallest absolute Gasteiger partial charge is 0.263 e. The highest BCUT2D eigenvalue weighted by Gasteiger charge is 2.41. The molecule has 1 aliphatic heterocycles. The van der Waals surface area contributed by atoms with Gasteiger partial charge in [-0.1, -0.05) is 13.3 Å². The molecule has 6 heteroatoms. The molecule has 0 unspecified atom stereocenters. The first kappa shape index (κ1) is 21.6. The van der Waals surface area contributed by atoms with Gasteiger partial charge in [-0.3, -0.25) is 4.79 Å². The second-order valence-electron chi connectivity index (χ2n) is 9.57. The fraction of sp³-hybridized carbons (Fsp3) is 0.652. The lowest BCUT2D eigenvalue weighted by atomic mass is 9.79. The Labute approximate surface area is 174 Å². The first-order valence-electron chi connectivity index (χ1n) is 10.7. The summed E-state index contributed by atoms with van der Waals surface area (Å²) in [6, 6.07) is 3.83. The van der Waals surface area contributed by atoms with Crippen molar-refractivity contribution in [1.82, 2.24) is 15.2 Å². The minimum Gasteiger partial charge on any atom is -0.459 e. The quantitative estimate of drug-likeness (QED) is 0.727. The number of hydrogen-bond donors (Lipinski definition) is 1. The topological polar surface area (TPSA) is 71.5 Å². The van der Waals surface area contributed by atoms with Crippen LogP contribution in [0.4, 0.5) is 0 Å². The minimum absolute atomic E-state index is 0.00652. The van der Waals surface area contributed by atoms with Crippen LogP contribution in [0.25, 0.3) is 11.7 Å². The molecule has 0 saturated carbocycles. The fourth-order valence-electron chi connectivity index (χ4n) is 4.67. The summed E-state index contributed by atoms with van der Waals surface area (Å²) in [4.78, 5) is 20.0. The molecule has 0 aliphatic carbocycles. The Bertz CT molecular complexity index is 805. The van der Waals surface area contributed by atoms with Gasteiger partial charge in [-0.05, 0) is 66.0 Å². The van der Waals surface area contributed by atoms with Crippen molar-refractivity contribution in [1.29, 1.82) is 0 Å². The monoisotopic (exact) mass is 401 g/mol. The van der Waals surface area contributed by atoms with Crippen molar-refractivity contribution in [2.24, 2.45) is 0 Å². The number of unbranched alkanes of at least 4 members (excludes halogenated alkanes) is 1. The van der Waals surface area contributed by atoms with Crippen LogP contribution in [-0.4, -0.2) is 39.5 Å². The number of hydrogen-bond acceptors (Lipinski definition) is 5. The van der Waals surface area contributed by atoms with E-state index in [9.17, 15) is 4.79 Å². The summed E-state index contributed by atoms with van der Waals surface area (Å²) in [6.45, 7) is 13.7. The predicted octanol–water partition coefficient (Wildman–Crippen LogP) is 4.72. The maximum Gasteiger partial charge on any atom is 0.263 e. The number of furan rings is 1. The largest absolute Gasteiger partial charge is 0.459 e. The van der Waals surface area contributed by atoms with Crippen molar-refractivity contribution in [3.05, 3.63) is 29.9 Å². The Hall–Kier alpha value is -2.08. The Morgan fingerprint density at radius 2 is 1.97 bits per heavy atom. The Morgan fingerprint density at radius 3 is 2.55 bits per heavy atom. The van der Waals surface area contributed by atoms with Crippen LogP contribution in [0.15, 0.2) is 27.2 Å². The maximum absolute atomic E-state index is 13.4. The lowest BCUT2D eigenvalue weighted by molar-refractivity contribution is -0.134. The van der Waals surface area contributed by atoms with Crippen molar-refractivity contribution in [3.8, 4) is 11.7 Å². The van der Waals surface area contributed by atoms with Crippen LogP contribution in [0.5, 0.6) is 0 Å². The molecule has 1 aliphatic rings. The Balaban J connectivity index is 1.79. The fourth-order valence-corrected chi connectivity index (χ4v) is 4.67. The highest BCUT2D eigenvalue weighted by Crippen LogP contribution is 2.32. The van der Waals surface area contributed by atoms with Gasteiger partial charge in [0.15, 0.2) is 5.76 Å². The second-order valence-corrected chi connectivity index (χ2v) is 9.57. The van der Waals surface area contributed by atoms with Crippen LogP contribution in [0.1, 0.15) is 71.8 Å². The summed E-state index contributed by atoms with van der Waals surface area (Å²) in [7, 11) is 0. The average molecular weight is 402 g/mol. The van der Waals surface area contributed by atoms with Crippen LogP contribution in [0.3, 0.4) is 0 Å². The summed E-state index contributed by atoms with van der Waals surface area (Å²) >= 11 is 0. The molecule has 29 heavy (non-hydrogen) atoms. The molecule has 3 heterocycles. The molecule has 1 fully saturated rings. The third kappa shape index (κ3) is 5.30. The van der Waals surface area contributed by atoms with Gasteiger partial charge in [0, 0.05) is 23.7 Å². The number of carbonyl (C=O) groups excluding carboxylic acids is 1. The highest BCUT2D eigenvalue weighted by molar-refractivity contribution is 5.79. The molecule has 0 aromatic carbocycles. The molecule has 6 nitrogen and oxygen atoms in total. The van der Waals surface area contributed by atoms with Crippen molar-refractivity contribution in [2.75, 3.05) is 6.54 Å². The third-order valence-corrected chi connectivity index (χ3v) is 5.63. The van der Waals surface area contributed by atoms with Gasteiger partial charge < -0.3 is 19.1 Å². The summed E-state index contributed by atoms with van der Waals surface area (Å²) in [5.41, 5.74) is 0.677. The van der Waals surface area contributed by atoms with Crippen LogP contribution >= 0.6 is 0 Å². The molecule has 1 saturated heterocycles. The number of rotatable bonds is 7. The van der Waals surface area contributed by atoms with Gasteiger partial charge in [0.1, 0.15) is 5.76 Å². The summed E-state index contributed by atoms with van der Waals surface area (Å²) in [5.74, 6) is 1.81. The van der Waals surface area contributed by atoms with Crippen LogP contribution in [-0.2, 0) is 11.2 Å². The standard InChI is InChI=1S/C23H35N3O3/c1-7-8-11-26(17-14-22(3,4)25-23(5,6)15-17)20(27)13-18-16(2)29-21(24-18)19-10-9-12-28-19/h9-10,12,17,25H,7-8,11,13-15H2,1-6H3. The van der Waals surface area contributed by atoms with Gasteiger partial charge in [0.2, 0.25) is 5.91 Å². The summed E-state index contributed by atoms with van der Waals surface area (Å²) in [6.07, 6.45) is 5.80. The third-order valence-electron chi connectivity index (χ3n) is 5.63. The first-order valence-corrected chi connectivity index (χ1v) is 10.7. The number of piperidine rings is 1. The molecule has 3 rings (SSSR count). The normalized spacial score (nSPS) is 18.7. The molecule has 1 N–H and O–H groups in total. The van der Waals surface area contributed by atoms with Crippen LogP contribution < -0.4 is 5.32 Å². The molecule has 2 aromatic rings. The number of oxazole rings is 1. The number of carbonyl (C=O) groups is 1. The van der Waals surface area contributed by atoms with E-state index in [2.05, 4.69) is 49.8 Å². The van der Waals surface area contributed by atoms with E-state index in [1.165, 1.54) is 0 Å². The maximum atomic E-state index is 13.4. The molecule has 160 valence electrons. The number of nitrogens with zero attached hydrogens (tertiary/aromatic N) is 2. The van der Waals surface area contributed by atoms with Gasteiger partial charge in [0.25, 0.3) is 5.89 Å². The molecular formula is C23H35N3O3. The summed E-state index contributed by atoms with van der Waals surface area (Å²) < 4.78 is 11.1. The van der Waals surface area contributed by atoms with Gasteiger partial charge in [-0.15, -0.1) is 0 Å². The van der Waals surface area contributed by atoms with Crippen molar-refractivity contribution in [2.45, 2.75) is 90.8 Å². The number of aryl methyl sites for hydroxylation is 1. The van der Waals surface area contributed by atoms with Crippen LogP contribution in [0.2, 0.25) is 0 Å². The van der Waals surface area contributed by atoms with E-state index in [0.29, 0.717) is 23.1 Å². The summed E-state index contributed by atoms with van der Waals surface area (Å²) in [5, 5.41) is 3.71. The van der Waals surface area contributed by atoms with E-state index in [-0.39, 0.29) is 29.4 Å². The minimum atomic E-state index is -0.00652. The lowest BCUT2D eigenvalue weighted by Gasteiger charge is -2.49. The van der Waals surface area contributed by atoms with Gasteiger partial charge >= 0.3 is 0 Å². The zero-order chi connectivity index (χ0) is 21.2. The number of aromatic nitrogens is 1. The van der Waals surface area contributed by atoms with Crippen molar-refractivity contribution in [3.63, 3.8) is 0 Å². The molecular weight excluding hydrogens is 366 g/mol. The van der Waals surface area contributed by atoms with Crippen molar-refractivity contribution >= 4 is 5.91 Å². The second kappa shape index (κ2) is 8.34. The van der Waals surface area contributed by atoms with Gasteiger partial charge in [-0.2, -0.15) is 0 Å². The lowest BCUT2D eigenvalue weighted by Crippen LogP contribution is -2.63. The van der Waals surface area contributed by atoms with Crippen molar-refractivity contribution < 1.29 is 13.6 Å². The zero-order valence-electron chi connectivity index (χ0n) is 18.7. The molecule has 2 aromatic heterocycles. The number of nitrogens with one attached hydrogen (secondary N) is 1. The average Bonchev–Trinajstić information content (AvgIpc) is 3.23. The molecule has 1 amide bonds. The highest BCUT2D eigenvalue weighted by atomic mass is 16.4. The zero-order valence-corrected chi connectivity index (χ0v) is 18.7. The molecule has 0 radical (unpaired) electrons. The molecule has 0 bridgehead atoms. The molecule has 0 atom stereocenters. The van der Waals surface area contributed by atoms with E-state index in [1.807, 2.05) is 13.0 Å². The van der Waals surface area contributed by atoms with E-state index in [0.717, 1.165) is 32.2 Å². The van der Waals surface area contributed by atoms with E-state index in [4.69, 9.17) is 8.83 Å². The van der Waals surface area contributed by atoms with Gasteiger partial charge in [0.05, 0.1) is 18.4 Å². The molecule has 0 spiro atoms. The first-order chi connectivity index (χ1) is 13.6. The Morgan fingerprint density at radius 1 is 1.28 bits per heavy atom.